The smallest absolute Gasteiger partial charge is 0.406 e. The number of nitrogens with zero attached hydrogens (tertiary/aromatic N) is 2. The van der Waals surface area contributed by atoms with Crippen LogP contribution < -0.4 is 4.74 Å². The standard InChI is InChI=1S/C19H17F7N2O/c1-3-28(2)11-27-17-10-15(18(21,22)23)13(9-16(17)20)7-12-5-4-6-14(8-12)29-19(24,25)26/h4-6,8-11H,3,7H2,1-2H3/b27-11+. The van der Waals surface area contributed by atoms with Crippen molar-refractivity contribution < 1.29 is 35.5 Å². The molecule has 0 aliphatic heterocycles. The number of hydrogen-bond acceptors (Lipinski definition) is 2. The molecule has 2 aromatic carbocycles. The van der Waals surface area contributed by atoms with Crippen LogP contribution in [0.25, 0.3) is 0 Å². The van der Waals surface area contributed by atoms with Gasteiger partial charge in [-0.2, -0.15) is 13.2 Å². The molecule has 0 saturated carbocycles. The van der Waals surface area contributed by atoms with E-state index in [1.165, 1.54) is 18.5 Å². The molecule has 3 nitrogen and oxygen atoms in total. The molecule has 0 spiro atoms. The van der Waals surface area contributed by atoms with Crippen molar-refractivity contribution in [3.05, 3.63) is 58.9 Å². The molecule has 0 saturated heterocycles. The second-order valence-electron chi connectivity index (χ2n) is 6.15. The van der Waals surface area contributed by atoms with Crippen LogP contribution in [-0.2, 0) is 12.6 Å². The van der Waals surface area contributed by atoms with Crippen LogP contribution >= 0.6 is 0 Å². The fraction of sp³-hybridized carbons (Fsp3) is 0.316. The van der Waals surface area contributed by atoms with Gasteiger partial charge in [0.05, 0.1) is 11.9 Å². The second kappa shape index (κ2) is 8.71. The third-order valence-electron chi connectivity index (χ3n) is 3.90. The lowest BCUT2D eigenvalue weighted by Crippen LogP contribution is -2.17. The summed E-state index contributed by atoms with van der Waals surface area (Å²) in [6.45, 7) is 2.30. The Bertz CT molecular complexity index is 876. The van der Waals surface area contributed by atoms with E-state index in [4.69, 9.17) is 0 Å². The third kappa shape index (κ3) is 6.65. The van der Waals surface area contributed by atoms with Gasteiger partial charge in [0.15, 0.2) is 0 Å². The van der Waals surface area contributed by atoms with Crippen LogP contribution in [0.3, 0.4) is 0 Å². The first-order chi connectivity index (χ1) is 13.4. The van der Waals surface area contributed by atoms with Crippen molar-refractivity contribution in [2.45, 2.75) is 25.9 Å². The van der Waals surface area contributed by atoms with Crippen molar-refractivity contribution in [1.82, 2.24) is 4.90 Å². The Labute approximate surface area is 162 Å². The molecule has 0 radical (unpaired) electrons. The highest BCUT2D eigenvalue weighted by atomic mass is 19.4. The first-order valence-electron chi connectivity index (χ1n) is 8.37. The van der Waals surface area contributed by atoms with Crippen LogP contribution in [0.1, 0.15) is 23.6 Å². The first kappa shape index (κ1) is 22.5. The van der Waals surface area contributed by atoms with Crippen molar-refractivity contribution in [2.24, 2.45) is 4.99 Å². The fourth-order valence-corrected chi connectivity index (χ4v) is 2.43. The summed E-state index contributed by atoms with van der Waals surface area (Å²) < 4.78 is 95.5. The number of hydrogen-bond donors (Lipinski definition) is 0. The summed E-state index contributed by atoms with van der Waals surface area (Å²) in [6, 6.07) is 5.78. The van der Waals surface area contributed by atoms with E-state index in [-0.39, 0.29) is 5.56 Å². The molecule has 2 aromatic rings. The van der Waals surface area contributed by atoms with Gasteiger partial charge in [-0.3, -0.25) is 0 Å². The Balaban J connectivity index is 2.41. The molecule has 0 atom stereocenters. The molecule has 0 aliphatic carbocycles. The third-order valence-corrected chi connectivity index (χ3v) is 3.90. The Morgan fingerprint density at radius 3 is 2.34 bits per heavy atom. The summed E-state index contributed by atoms with van der Waals surface area (Å²) >= 11 is 0. The zero-order valence-electron chi connectivity index (χ0n) is 15.4. The lowest BCUT2D eigenvalue weighted by atomic mass is 9.98. The van der Waals surface area contributed by atoms with Crippen molar-refractivity contribution in [3.8, 4) is 5.75 Å². The highest BCUT2D eigenvalue weighted by molar-refractivity contribution is 5.62. The van der Waals surface area contributed by atoms with Crippen molar-refractivity contribution in [1.29, 1.82) is 0 Å². The molecule has 158 valence electrons. The monoisotopic (exact) mass is 422 g/mol. The van der Waals surface area contributed by atoms with E-state index in [1.54, 1.807) is 18.9 Å². The summed E-state index contributed by atoms with van der Waals surface area (Å²) in [5.41, 5.74) is -1.94. The summed E-state index contributed by atoms with van der Waals surface area (Å²) in [5.74, 6) is -1.55. The summed E-state index contributed by atoms with van der Waals surface area (Å²) in [6.07, 6.45) is -8.98. The van der Waals surface area contributed by atoms with Gasteiger partial charge in [0, 0.05) is 13.6 Å². The molecule has 0 heterocycles. The summed E-state index contributed by atoms with van der Waals surface area (Å²) in [7, 11) is 1.62. The van der Waals surface area contributed by atoms with E-state index in [0.717, 1.165) is 12.1 Å². The van der Waals surface area contributed by atoms with Crippen LogP contribution in [0.4, 0.5) is 36.4 Å². The Kier molecular flexibility index (Phi) is 6.76. The predicted molar refractivity (Wildman–Crippen MR) is 93.8 cm³/mol. The van der Waals surface area contributed by atoms with E-state index < -0.39 is 47.3 Å². The van der Waals surface area contributed by atoms with Gasteiger partial charge >= 0.3 is 12.5 Å². The fourth-order valence-electron chi connectivity index (χ4n) is 2.43. The maximum absolute atomic E-state index is 14.3. The van der Waals surface area contributed by atoms with E-state index in [1.807, 2.05) is 0 Å². The topological polar surface area (TPSA) is 24.8 Å². The first-order valence-corrected chi connectivity index (χ1v) is 8.37. The van der Waals surface area contributed by atoms with E-state index >= 15 is 0 Å². The van der Waals surface area contributed by atoms with Gasteiger partial charge < -0.3 is 9.64 Å². The molecule has 0 bridgehead atoms. The van der Waals surface area contributed by atoms with Gasteiger partial charge in [-0.1, -0.05) is 12.1 Å². The quantitative estimate of drug-likeness (QED) is 0.327. The van der Waals surface area contributed by atoms with E-state index in [2.05, 4.69) is 9.73 Å². The highest BCUT2D eigenvalue weighted by Crippen LogP contribution is 2.37. The predicted octanol–water partition coefficient (Wildman–Crippen LogP) is 5.95. The molecule has 0 aliphatic rings. The number of halogens is 7. The lowest BCUT2D eigenvalue weighted by molar-refractivity contribution is -0.274. The van der Waals surface area contributed by atoms with Crippen LogP contribution in [0, 0.1) is 5.82 Å². The van der Waals surface area contributed by atoms with Gasteiger partial charge in [-0.05, 0) is 48.7 Å². The zero-order valence-corrected chi connectivity index (χ0v) is 15.4. The Morgan fingerprint density at radius 1 is 1.07 bits per heavy atom. The normalized spacial score (nSPS) is 12.4. The molecule has 0 N–H and O–H groups in total. The van der Waals surface area contributed by atoms with Crippen LogP contribution in [-0.4, -0.2) is 31.2 Å². The minimum Gasteiger partial charge on any atom is -0.406 e. The molecule has 10 heteroatoms. The maximum atomic E-state index is 14.3. The second-order valence-corrected chi connectivity index (χ2v) is 6.15. The Hall–Kier alpha value is -2.78. The molecule has 0 amide bonds. The lowest BCUT2D eigenvalue weighted by Gasteiger charge is -2.16. The summed E-state index contributed by atoms with van der Waals surface area (Å²) in [4.78, 5) is 5.28. The number of benzene rings is 2. The molecule has 0 aromatic heterocycles. The number of ether oxygens (including phenoxy) is 1. The molecule has 0 fully saturated rings. The van der Waals surface area contributed by atoms with E-state index in [0.29, 0.717) is 18.7 Å². The van der Waals surface area contributed by atoms with Crippen LogP contribution in [0.15, 0.2) is 41.4 Å². The molecular weight excluding hydrogens is 405 g/mol. The highest BCUT2D eigenvalue weighted by Gasteiger charge is 2.35. The number of alkyl halides is 6. The molecular formula is C19H17F7N2O. The van der Waals surface area contributed by atoms with E-state index in [9.17, 15) is 30.7 Å². The van der Waals surface area contributed by atoms with Gasteiger partial charge in [0.25, 0.3) is 0 Å². The Morgan fingerprint density at radius 2 is 1.76 bits per heavy atom. The van der Waals surface area contributed by atoms with Crippen LogP contribution in [0.2, 0.25) is 0 Å². The average molecular weight is 422 g/mol. The average Bonchev–Trinajstić information content (AvgIpc) is 2.58. The zero-order chi connectivity index (χ0) is 21.8. The minimum absolute atomic E-state index is 0.0959. The van der Waals surface area contributed by atoms with Crippen LogP contribution in [0.5, 0.6) is 5.75 Å². The number of aliphatic imine (C=N–C) groups is 1. The maximum Gasteiger partial charge on any atom is 0.573 e. The largest absolute Gasteiger partial charge is 0.573 e. The SMILES string of the molecule is CCN(C)/C=N/c1cc(C(F)(F)F)c(Cc2cccc(OC(F)(F)F)c2)cc1F. The van der Waals surface area contributed by atoms with Crippen molar-refractivity contribution in [3.63, 3.8) is 0 Å². The minimum atomic E-state index is -4.94. The van der Waals surface area contributed by atoms with Gasteiger partial charge in [-0.25, -0.2) is 9.38 Å². The molecule has 2 rings (SSSR count). The number of rotatable bonds is 6. The molecule has 0 unspecified atom stereocenters. The van der Waals surface area contributed by atoms with Gasteiger partial charge in [0.2, 0.25) is 0 Å². The van der Waals surface area contributed by atoms with Crippen molar-refractivity contribution >= 4 is 12.0 Å². The molecule has 29 heavy (non-hydrogen) atoms. The van der Waals surface area contributed by atoms with Gasteiger partial charge in [0.1, 0.15) is 17.3 Å². The van der Waals surface area contributed by atoms with Crippen molar-refractivity contribution in [2.75, 3.05) is 13.6 Å². The summed E-state index contributed by atoms with van der Waals surface area (Å²) in [5, 5.41) is 0. The van der Waals surface area contributed by atoms with Gasteiger partial charge in [-0.15, -0.1) is 13.2 Å².